The molecule has 7 heteroatoms. The number of halogens is 2. The van der Waals surface area contributed by atoms with Crippen molar-refractivity contribution in [1.82, 2.24) is 5.32 Å². The Bertz CT molecular complexity index is 408. The maximum absolute atomic E-state index is 13.0. The number of nitrogens with one attached hydrogen (secondary N) is 1. The largest absolute Gasteiger partial charge is 0.465 e. The van der Waals surface area contributed by atoms with Crippen LogP contribution in [0.1, 0.15) is 5.56 Å². The minimum atomic E-state index is -1.34. The van der Waals surface area contributed by atoms with Gasteiger partial charge in [0.15, 0.2) is 0 Å². The van der Waals surface area contributed by atoms with Gasteiger partial charge in [-0.15, -0.1) is 0 Å². The highest BCUT2D eigenvalue weighted by Crippen LogP contribution is 2.11. The number of amides is 1. The molecule has 100 valence electrons. The summed E-state index contributed by atoms with van der Waals surface area (Å²) in [6.07, 6.45) is -2.53. The van der Waals surface area contributed by atoms with Crippen LogP contribution in [0.25, 0.3) is 0 Å². The summed E-state index contributed by atoms with van der Waals surface area (Å²) in [4.78, 5) is 10.5. The van der Waals surface area contributed by atoms with Crippen molar-refractivity contribution in [3.05, 3.63) is 35.4 Å². The highest BCUT2D eigenvalue weighted by Gasteiger charge is 2.20. The lowest BCUT2D eigenvalue weighted by Crippen LogP contribution is -2.47. The molecule has 1 aromatic rings. The number of aliphatic hydroxyl groups excluding tert-OH is 1. The molecule has 1 rings (SSSR count). The van der Waals surface area contributed by atoms with Gasteiger partial charge in [-0.2, -0.15) is 0 Å². The first-order valence-electron chi connectivity index (χ1n) is 5.25. The van der Waals surface area contributed by atoms with Crippen LogP contribution in [0.15, 0.2) is 18.2 Å². The van der Waals surface area contributed by atoms with Gasteiger partial charge in [0.1, 0.15) is 11.6 Å². The standard InChI is InChI=1S/C11H14F2N2O3/c12-7-1-6(2-8(13)4-7)3-9(10(16)5-14)15-11(17)18/h1-2,4,9-10,15-16H,3,5,14H2,(H,17,18)/t9-,10-/m0/s1. The van der Waals surface area contributed by atoms with E-state index in [1.165, 1.54) is 0 Å². The van der Waals surface area contributed by atoms with E-state index in [4.69, 9.17) is 10.8 Å². The molecule has 0 heterocycles. The van der Waals surface area contributed by atoms with Crippen molar-refractivity contribution in [3.63, 3.8) is 0 Å². The fourth-order valence-corrected chi connectivity index (χ4v) is 1.59. The first-order valence-corrected chi connectivity index (χ1v) is 5.25. The number of carbonyl (C=O) groups is 1. The summed E-state index contributed by atoms with van der Waals surface area (Å²) in [6.45, 7) is -0.164. The first kappa shape index (κ1) is 14.3. The predicted molar refractivity (Wildman–Crippen MR) is 60.1 cm³/mol. The Kier molecular flexibility index (Phi) is 4.99. The van der Waals surface area contributed by atoms with Crippen molar-refractivity contribution in [2.24, 2.45) is 5.73 Å². The second-order valence-electron chi connectivity index (χ2n) is 3.84. The Balaban J connectivity index is 2.84. The topological polar surface area (TPSA) is 95.6 Å². The van der Waals surface area contributed by atoms with Gasteiger partial charge in [0.2, 0.25) is 0 Å². The third-order valence-corrected chi connectivity index (χ3v) is 2.39. The van der Waals surface area contributed by atoms with E-state index >= 15 is 0 Å². The zero-order valence-electron chi connectivity index (χ0n) is 9.44. The summed E-state index contributed by atoms with van der Waals surface area (Å²) in [5.74, 6) is -1.53. The van der Waals surface area contributed by atoms with Crippen LogP contribution in [-0.4, -0.2) is 35.0 Å². The molecular weight excluding hydrogens is 246 g/mol. The van der Waals surface area contributed by atoms with Gasteiger partial charge in [-0.3, -0.25) is 0 Å². The Labute approximate surface area is 102 Å². The van der Waals surface area contributed by atoms with Crippen LogP contribution in [-0.2, 0) is 6.42 Å². The van der Waals surface area contributed by atoms with E-state index in [0.29, 0.717) is 6.07 Å². The quantitative estimate of drug-likeness (QED) is 0.618. The number of benzene rings is 1. The molecule has 0 aliphatic heterocycles. The average Bonchev–Trinajstić information content (AvgIpc) is 2.25. The summed E-state index contributed by atoms with van der Waals surface area (Å²) in [6, 6.07) is 1.93. The van der Waals surface area contributed by atoms with Crippen molar-refractivity contribution in [1.29, 1.82) is 0 Å². The molecule has 18 heavy (non-hydrogen) atoms. The molecule has 0 bridgehead atoms. The molecule has 0 fully saturated rings. The summed E-state index contributed by atoms with van der Waals surface area (Å²) < 4.78 is 25.9. The molecule has 0 saturated heterocycles. The maximum Gasteiger partial charge on any atom is 0.404 e. The highest BCUT2D eigenvalue weighted by molar-refractivity contribution is 5.65. The number of aliphatic hydroxyl groups is 1. The molecular formula is C11H14F2N2O3. The van der Waals surface area contributed by atoms with Crippen LogP contribution in [0, 0.1) is 11.6 Å². The predicted octanol–water partition coefficient (Wildman–Crippen LogP) is 0.463. The van der Waals surface area contributed by atoms with Crippen LogP contribution in [0.4, 0.5) is 13.6 Å². The van der Waals surface area contributed by atoms with Crippen LogP contribution in [0.3, 0.4) is 0 Å². The number of carboxylic acid groups (broad SMARTS) is 1. The highest BCUT2D eigenvalue weighted by atomic mass is 19.1. The van der Waals surface area contributed by atoms with E-state index in [1.807, 2.05) is 0 Å². The molecule has 1 aromatic carbocycles. The zero-order valence-corrected chi connectivity index (χ0v) is 9.44. The van der Waals surface area contributed by atoms with E-state index in [-0.39, 0.29) is 18.5 Å². The number of rotatable bonds is 5. The Hall–Kier alpha value is -1.73. The monoisotopic (exact) mass is 260 g/mol. The van der Waals surface area contributed by atoms with Crippen LogP contribution in [0.5, 0.6) is 0 Å². The van der Waals surface area contributed by atoms with E-state index in [9.17, 15) is 18.7 Å². The van der Waals surface area contributed by atoms with Gasteiger partial charge in [-0.25, -0.2) is 13.6 Å². The van der Waals surface area contributed by atoms with Crippen LogP contribution >= 0.6 is 0 Å². The fraction of sp³-hybridized carbons (Fsp3) is 0.364. The zero-order chi connectivity index (χ0) is 13.7. The van der Waals surface area contributed by atoms with Crippen molar-refractivity contribution in [3.8, 4) is 0 Å². The lowest BCUT2D eigenvalue weighted by molar-refractivity contribution is 0.125. The second-order valence-corrected chi connectivity index (χ2v) is 3.84. The van der Waals surface area contributed by atoms with Gasteiger partial charge in [-0.05, 0) is 24.1 Å². The molecule has 5 N–H and O–H groups in total. The molecule has 0 aromatic heterocycles. The van der Waals surface area contributed by atoms with Crippen molar-refractivity contribution < 1.29 is 23.8 Å². The molecule has 1 amide bonds. The third kappa shape index (κ3) is 4.27. The third-order valence-electron chi connectivity index (χ3n) is 2.39. The first-order chi connectivity index (χ1) is 8.42. The normalized spacial score (nSPS) is 14.0. The van der Waals surface area contributed by atoms with E-state index < -0.39 is 29.9 Å². The maximum atomic E-state index is 13.0. The van der Waals surface area contributed by atoms with Gasteiger partial charge in [0.25, 0.3) is 0 Å². The molecule has 0 spiro atoms. The molecule has 0 aliphatic carbocycles. The van der Waals surface area contributed by atoms with Gasteiger partial charge >= 0.3 is 6.09 Å². The smallest absolute Gasteiger partial charge is 0.404 e. The minimum Gasteiger partial charge on any atom is -0.465 e. The molecule has 0 radical (unpaired) electrons. The Morgan fingerprint density at radius 1 is 1.33 bits per heavy atom. The minimum absolute atomic E-state index is 0.0562. The Morgan fingerprint density at radius 3 is 2.33 bits per heavy atom. The van der Waals surface area contributed by atoms with Gasteiger partial charge in [0.05, 0.1) is 12.1 Å². The number of hydrogen-bond acceptors (Lipinski definition) is 3. The summed E-state index contributed by atoms with van der Waals surface area (Å²) >= 11 is 0. The van der Waals surface area contributed by atoms with Gasteiger partial charge in [-0.1, -0.05) is 0 Å². The van der Waals surface area contributed by atoms with Crippen LogP contribution < -0.4 is 11.1 Å². The molecule has 0 aliphatic rings. The van der Waals surface area contributed by atoms with Gasteiger partial charge in [0, 0.05) is 12.6 Å². The van der Waals surface area contributed by atoms with Crippen molar-refractivity contribution >= 4 is 6.09 Å². The van der Waals surface area contributed by atoms with E-state index in [1.54, 1.807) is 0 Å². The summed E-state index contributed by atoms with van der Waals surface area (Å²) in [5.41, 5.74) is 5.47. The molecule has 0 unspecified atom stereocenters. The van der Waals surface area contributed by atoms with Crippen molar-refractivity contribution in [2.45, 2.75) is 18.6 Å². The lowest BCUT2D eigenvalue weighted by atomic mass is 10.0. The lowest BCUT2D eigenvalue weighted by Gasteiger charge is -2.21. The number of hydrogen-bond donors (Lipinski definition) is 4. The van der Waals surface area contributed by atoms with Crippen LogP contribution in [0.2, 0.25) is 0 Å². The molecule has 0 saturated carbocycles. The van der Waals surface area contributed by atoms with E-state index in [2.05, 4.69) is 5.32 Å². The SMILES string of the molecule is NC[C@H](O)[C@H](Cc1cc(F)cc(F)c1)NC(=O)O. The number of nitrogens with two attached hydrogens (primary N) is 1. The summed E-state index contributed by atoms with van der Waals surface area (Å²) in [7, 11) is 0. The molecule has 5 nitrogen and oxygen atoms in total. The average molecular weight is 260 g/mol. The van der Waals surface area contributed by atoms with E-state index in [0.717, 1.165) is 12.1 Å². The second kappa shape index (κ2) is 6.27. The molecule has 2 atom stereocenters. The summed E-state index contributed by atoms with van der Waals surface area (Å²) in [5, 5.41) is 20.2. The van der Waals surface area contributed by atoms with Crippen molar-refractivity contribution in [2.75, 3.05) is 6.54 Å². The van der Waals surface area contributed by atoms with Gasteiger partial charge < -0.3 is 21.3 Å². The Morgan fingerprint density at radius 2 is 1.89 bits per heavy atom. The fourth-order valence-electron chi connectivity index (χ4n) is 1.59.